The zero-order valence-corrected chi connectivity index (χ0v) is 13.4. The van der Waals surface area contributed by atoms with Gasteiger partial charge in [-0.05, 0) is 32.0 Å². The zero-order valence-electron chi connectivity index (χ0n) is 13.4. The van der Waals surface area contributed by atoms with Gasteiger partial charge in [0.1, 0.15) is 12.0 Å². The number of benzene rings is 1. The molecule has 0 spiro atoms. The van der Waals surface area contributed by atoms with Gasteiger partial charge in [-0.3, -0.25) is 15.0 Å². The SMILES string of the molecule is COC(=O)[C@H]1[C@@H](OC(=O)Nc2ccccc2)C[C@@H]2CC[C@H]1N2C. The zero-order chi connectivity index (χ0) is 16.4. The first-order chi connectivity index (χ1) is 11.1. The molecule has 0 saturated carbocycles. The minimum atomic E-state index is -0.529. The summed E-state index contributed by atoms with van der Waals surface area (Å²) in [5.41, 5.74) is 0.669. The van der Waals surface area contributed by atoms with Crippen molar-refractivity contribution in [1.29, 1.82) is 0 Å². The lowest BCUT2D eigenvalue weighted by Crippen LogP contribution is -2.53. The van der Waals surface area contributed by atoms with Gasteiger partial charge >= 0.3 is 12.1 Å². The Morgan fingerprint density at radius 2 is 1.96 bits per heavy atom. The molecular weight excluding hydrogens is 296 g/mol. The maximum absolute atomic E-state index is 12.2. The normalized spacial score (nSPS) is 29.8. The van der Waals surface area contributed by atoms with Gasteiger partial charge in [-0.1, -0.05) is 18.2 Å². The third kappa shape index (κ3) is 3.17. The summed E-state index contributed by atoms with van der Waals surface area (Å²) in [5.74, 6) is -0.731. The van der Waals surface area contributed by atoms with Gasteiger partial charge in [-0.2, -0.15) is 0 Å². The third-order valence-electron chi connectivity index (χ3n) is 4.97. The molecule has 1 amide bonds. The van der Waals surface area contributed by atoms with Crippen LogP contribution in [-0.2, 0) is 14.3 Å². The van der Waals surface area contributed by atoms with Crippen molar-refractivity contribution in [2.24, 2.45) is 5.92 Å². The van der Waals surface area contributed by atoms with E-state index in [0.29, 0.717) is 18.2 Å². The summed E-state index contributed by atoms with van der Waals surface area (Å²) >= 11 is 0. The van der Waals surface area contributed by atoms with Crippen LogP contribution in [0.15, 0.2) is 30.3 Å². The minimum absolute atomic E-state index is 0.0794. The van der Waals surface area contributed by atoms with Gasteiger partial charge in [-0.15, -0.1) is 0 Å². The van der Waals surface area contributed by atoms with E-state index in [0.717, 1.165) is 12.8 Å². The summed E-state index contributed by atoms with van der Waals surface area (Å²) in [6.45, 7) is 0. The number of fused-ring (bicyclic) bond motifs is 2. The molecule has 0 radical (unpaired) electrons. The number of hydrogen-bond acceptors (Lipinski definition) is 5. The first-order valence-electron chi connectivity index (χ1n) is 7.92. The molecule has 23 heavy (non-hydrogen) atoms. The number of anilines is 1. The summed E-state index contributed by atoms with van der Waals surface area (Å²) in [5, 5.41) is 2.70. The highest BCUT2D eigenvalue weighted by Gasteiger charge is 2.50. The average Bonchev–Trinajstić information content (AvgIpc) is 2.79. The molecule has 2 aliphatic heterocycles. The van der Waals surface area contributed by atoms with E-state index in [2.05, 4.69) is 10.2 Å². The van der Waals surface area contributed by atoms with Crippen molar-refractivity contribution in [2.75, 3.05) is 19.5 Å². The quantitative estimate of drug-likeness (QED) is 0.866. The standard InChI is InChI=1S/C17H22N2O4/c1-19-12-8-9-13(19)15(16(20)22-2)14(10-12)23-17(21)18-11-6-4-3-5-7-11/h3-7,12-15H,8-10H2,1-2H3,(H,18,21)/t12-,13+,14-,15+/m0/s1. The Morgan fingerprint density at radius 1 is 1.22 bits per heavy atom. The largest absolute Gasteiger partial charge is 0.469 e. The Kier molecular flexibility index (Phi) is 4.52. The first-order valence-corrected chi connectivity index (χ1v) is 7.92. The molecule has 6 nitrogen and oxygen atoms in total. The predicted molar refractivity (Wildman–Crippen MR) is 85.0 cm³/mol. The van der Waals surface area contributed by atoms with Crippen LogP contribution in [-0.4, -0.2) is 49.3 Å². The highest BCUT2D eigenvalue weighted by Crippen LogP contribution is 2.40. The van der Waals surface area contributed by atoms with Crippen molar-refractivity contribution in [3.05, 3.63) is 30.3 Å². The van der Waals surface area contributed by atoms with Gasteiger partial charge in [0.15, 0.2) is 0 Å². The molecule has 4 atom stereocenters. The van der Waals surface area contributed by atoms with Gasteiger partial charge in [0, 0.05) is 24.2 Å². The van der Waals surface area contributed by atoms with Crippen LogP contribution in [0, 0.1) is 5.92 Å². The van der Waals surface area contributed by atoms with Crippen molar-refractivity contribution >= 4 is 17.7 Å². The van der Waals surface area contributed by atoms with Crippen LogP contribution in [0.1, 0.15) is 19.3 Å². The molecule has 1 N–H and O–H groups in total. The molecule has 1 aromatic rings. The van der Waals surface area contributed by atoms with Crippen LogP contribution in [0.5, 0.6) is 0 Å². The molecule has 0 aromatic heterocycles. The van der Waals surface area contributed by atoms with Crippen molar-refractivity contribution in [3.8, 4) is 0 Å². The molecule has 2 fully saturated rings. The predicted octanol–water partition coefficient (Wildman–Crippen LogP) is 2.26. The van der Waals surface area contributed by atoms with Crippen molar-refractivity contribution < 1.29 is 19.1 Å². The van der Waals surface area contributed by atoms with E-state index in [9.17, 15) is 9.59 Å². The minimum Gasteiger partial charge on any atom is -0.469 e. The lowest BCUT2D eigenvalue weighted by Gasteiger charge is -2.40. The van der Waals surface area contributed by atoms with Crippen LogP contribution in [0.4, 0.5) is 10.5 Å². The van der Waals surface area contributed by atoms with E-state index in [4.69, 9.17) is 9.47 Å². The van der Waals surface area contributed by atoms with Crippen LogP contribution < -0.4 is 5.32 Å². The second-order valence-corrected chi connectivity index (χ2v) is 6.18. The topological polar surface area (TPSA) is 67.9 Å². The summed E-state index contributed by atoms with van der Waals surface area (Å²) in [4.78, 5) is 26.6. The average molecular weight is 318 g/mol. The Balaban J connectivity index is 1.70. The van der Waals surface area contributed by atoms with Gasteiger partial charge in [-0.25, -0.2) is 4.79 Å². The van der Waals surface area contributed by atoms with Crippen LogP contribution in [0.25, 0.3) is 0 Å². The van der Waals surface area contributed by atoms with Gasteiger partial charge in [0.25, 0.3) is 0 Å². The second kappa shape index (κ2) is 6.58. The smallest absolute Gasteiger partial charge is 0.411 e. The van der Waals surface area contributed by atoms with E-state index in [1.165, 1.54) is 7.11 Å². The number of rotatable bonds is 3. The molecule has 2 aliphatic rings. The lowest BCUT2D eigenvalue weighted by molar-refractivity contribution is -0.155. The Hall–Kier alpha value is -2.08. The Bertz CT molecular complexity index is 577. The first kappa shape index (κ1) is 15.8. The Morgan fingerprint density at radius 3 is 2.65 bits per heavy atom. The second-order valence-electron chi connectivity index (χ2n) is 6.18. The lowest BCUT2D eigenvalue weighted by atomic mass is 9.87. The molecule has 2 bridgehead atoms. The number of methoxy groups -OCH3 is 1. The summed E-state index contributed by atoms with van der Waals surface area (Å²) < 4.78 is 10.5. The van der Waals surface area contributed by atoms with Crippen molar-refractivity contribution in [3.63, 3.8) is 0 Å². The molecule has 3 rings (SSSR count). The van der Waals surface area contributed by atoms with Gasteiger partial charge in [0.05, 0.1) is 7.11 Å². The van der Waals surface area contributed by atoms with Crippen molar-refractivity contribution in [2.45, 2.75) is 37.5 Å². The summed E-state index contributed by atoms with van der Waals surface area (Å²) in [7, 11) is 3.41. The number of ether oxygens (including phenoxy) is 2. The third-order valence-corrected chi connectivity index (χ3v) is 4.97. The highest BCUT2D eigenvalue weighted by molar-refractivity contribution is 5.85. The molecular formula is C17H22N2O4. The van der Waals surface area contributed by atoms with E-state index >= 15 is 0 Å². The molecule has 0 unspecified atom stereocenters. The summed E-state index contributed by atoms with van der Waals surface area (Å²) in [6, 6.07) is 9.56. The van der Waals surface area contributed by atoms with Crippen LogP contribution >= 0.6 is 0 Å². The molecule has 0 aliphatic carbocycles. The maximum atomic E-state index is 12.2. The Labute approximate surface area is 135 Å². The fourth-order valence-corrected chi connectivity index (χ4v) is 3.79. The maximum Gasteiger partial charge on any atom is 0.411 e. The number of esters is 1. The number of carbonyl (C=O) groups is 2. The van der Waals surface area contributed by atoms with E-state index in [1.807, 2.05) is 25.2 Å². The van der Waals surface area contributed by atoms with E-state index in [1.54, 1.807) is 12.1 Å². The number of nitrogens with one attached hydrogen (secondary N) is 1. The van der Waals surface area contributed by atoms with Crippen molar-refractivity contribution in [1.82, 2.24) is 4.90 Å². The van der Waals surface area contributed by atoms with Gasteiger partial charge in [0.2, 0.25) is 0 Å². The fraction of sp³-hybridized carbons (Fsp3) is 0.529. The molecule has 6 heteroatoms. The van der Waals surface area contributed by atoms with E-state index in [-0.39, 0.29) is 12.0 Å². The number of nitrogens with zero attached hydrogens (tertiary/aromatic N) is 1. The monoisotopic (exact) mass is 318 g/mol. The highest BCUT2D eigenvalue weighted by atomic mass is 16.6. The molecule has 2 heterocycles. The van der Waals surface area contributed by atoms with Crippen LogP contribution in [0.2, 0.25) is 0 Å². The summed E-state index contributed by atoms with van der Waals surface area (Å²) in [6.07, 6.45) is 1.64. The van der Waals surface area contributed by atoms with Gasteiger partial charge < -0.3 is 9.47 Å². The molecule has 2 saturated heterocycles. The van der Waals surface area contributed by atoms with E-state index < -0.39 is 18.1 Å². The fourth-order valence-electron chi connectivity index (χ4n) is 3.79. The number of piperidine rings is 1. The van der Waals surface area contributed by atoms with Crippen LogP contribution in [0.3, 0.4) is 0 Å². The number of para-hydroxylation sites is 1. The number of carbonyl (C=O) groups excluding carboxylic acids is 2. The number of hydrogen-bond donors (Lipinski definition) is 1. The number of amides is 1. The molecule has 124 valence electrons. The molecule has 1 aromatic carbocycles.